The zero-order valence-corrected chi connectivity index (χ0v) is 25.5. The van der Waals surface area contributed by atoms with Gasteiger partial charge in [0.05, 0.1) is 35.5 Å². The first-order chi connectivity index (χ1) is 22.8. The van der Waals surface area contributed by atoms with Crippen molar-refractivity contribution in [3.8, 4) is 28.3 Å². The minimum absolute atomic E-state index is 0.00793. The molecule has 0 amide bonds. The summed E-state index contributed by atoms with van der Waals surface area (Å²) in [4.78, 5) is 24.9. The van der Waals surface area contributed by atoms with Crippen molar-refractivity contribution in [2.45, 2.75) is 45.0 Å². The number of carboxylic acids is 1. The fraction of sp³-hybridized carbons (Fsp3) is 0.229. The van der Waals surface area contributed by atoms with Gasteiger partial charge >= 0.3 is 24.0 Å². The number of carbonyl (C=O) groups is 1. The third-order valence-corrected chi connectivity index (χ3v) is 7.59. The minimum atomic E-state index is -4.79. The monoisotopic (exact) mass is 669 g/mol. The highest BCUT2D eigenvalue weighted by Crippen LogP contribution is 2.34. The first kappa shape index (κ1) is 34.0. The van der Waals surface area contributed by atoms with Crippen LogP contribution in [0.15, 0.2) is 95.8 Å². The topological polar surface area (TPSA) is 86.4 Å². The Bertz CT molecular complexity index is 1960. The summed E-state index contributed by atoms with van der Waals surface area (Å²) in [5.41, 5.74) is -0.375. The van der Waals surface area contributed by atoms with Gasteiger partial charge in [0.25, 0.3) is 0 Å². The van der Waals surface area contributed by atoms with Gasteiger partial charge in [0.15, 0.2) is 0 Å². The summed E-state index contributed by atoms with van der Waals surface area (Å²) < 4.78 is 88.4. The molecule has 5 aromatic rings. The molecule has 0 aliphatic carbocycles. The van der Waals surface area contributed by atoms with Crippen molar-refractivity contribution in [1.29, 1.82) is 0 Å². The van der Waals surface area contributed by atoms with E-state index in [1.165, 1.54) is 12.1 Å². The van der Waals surface area contributed by atoms with Crippen molar-refractivity contribution in [3.63, 3.8) is 0 Å². The molecule has 0 bridgehead atoms. The highest BCUT2D eigenvalue weighted by atomic mass is 19.4. The molecule has 0 unspecified atom stereocenters. The number of hydrogen-bond donors (Lipinski definition) is 1. The van der Waals surface area contributed by atoms with Gasteiger partial charge in [-0.15, -0.1) is 5.10 Å². The normalized spacial score (nSPS) is 11.9. The molecule has 0 saturated heterocycles. The standard InChI is InChI=1S/C35H29F6N3O4/c1-2-48-30-19-14-24(20-25(30)21-32(45)46)23-12-10-22(11-13-23)6-5-9-31-42-44(27-17-15-26(16-18-27)34(36,37)38)33(47)43(31)29-8-4-3-7-28(29)35(39,40)41/h3-4,7-8,10-20H,2,5-6,9,21H2,1H3,(H,45,46). The Balaban J connectivity index is 1.41. The average molecular weight is 670 g/mol. The van der Waals surface area contributed by atoms with Gasteiger partial charge in [-0.1, -0.05) is 42.5 Å². The molecule has 5 rings (SSSR count). The van der Waals surface area contributed by atoms with Gasteiger partial charge in [0, 0.05) is 12.0 Å². The van der Waals surface area contributed by atoms with Crippen LogP contribution in [0.2, 0.25) is 0 Å². The molecule has 0 aliphatic rings. The molecule has 7 nitrogen and oxygen atoms in total. The third kappa shape index (κ3) is 7.62. The molecule has 0 fully saturated rings. The lowest BCUT2D eigenvalue weighted by molar-refractivity contribution is -0.138. The van der Waals surface area contributed by atoms with Crippen molar-refractivity contribution in [2.75, 3.05) is 6.61 Å². The van der Waals surface area contributed by atoms with Crippen LogP contribution < -0.4 is 10.4 Å². The SMILES string of the molecule is CCOc1ccc(-c2ccc(CCCc3nn(-c4ccc(C(F)(F)F)cc4)c(=O)n3-c3ccccc3C(F)(F)F)cc2)cc1CC(=O)O. The van der Waals surface area contributed by atoms with Crippen molar-refractivity contribution >= 4 is 5.97 Å². The van der Waals surface area contributed by atoms with Crippen molar-refractivity contribution in [3.05, 3.63) is 130 Å². The number of benzene rings is 4. The van der Waals surface area contributed by atoms with Crippen LogP contribution in [0.4, 0.5) is 26.3 Å². The molecule has 1 N–H and O–H groups in total. The second-order valence-corrected chi connectivity index (χ2v) is 10.9. The molecule has 0 saturated carbocycles. The first-order valence-corrected chi connectivity index (χ1v) is 14.9. The van der Waals surface area contributed by atoms with Crippen LogP contribution >= 0.6 is 0 Å². The van der Waals surface area contributed by atoms with E-state index in [1.807, 2.05) is 37.3 Å². The number of halogens is 6. The Morgan fingerprint density at radius 3 is 2.12 bits per heavy atom. The fourth-order valence-electron chi connectivity index (χ4n) is 5.35. The highest BCUT2D eigenvalue weighted by molar-refractivity contribution is 5.74. The van der Waals surface area contributed by atoms with Gasteiger partial charge in [-0.3, -0.25) is 4.79 Å². The molecule has 4 aromatic carbocycles. The van der Waals surface area contributed by atoms with Gasteiger partial charge in [-0.25, -0.2) is 9.36 Å². The molecule has 0 spiro atoms. The van der Waals surface area contributed by atoms with Crippen LogP contribution in [0.3, 0.4) is 0 Å². The fourth-order valence-corrected chi connectivity index (χ4v) is 5.35. The van der Waals surface area contributed by atoms with E-state index < -0.39 is 40.8 Å². The van der Waals surface area contributed by atoms with E-state index in [1.54, 1.807) is 12.1 Å². The van der Waals surface area contributed by atoms with Gasteiger partial charge in [-0.2, -0.15) is 31.0 Å². The van der Waals surface area contributed by atoms with E-state index in [0.29, 0.717) is 30.8 Å². The molecule has 1 heterocycles. The van der Waals surface area contributed by atoms with Crippen LogP contribution in [0.25, 0.3) is 22.5 Å². The number of carboxylic acid groups (broad SMARTS) is 1. The van der Waals surface area contributed by atoms with Crippen LogP contribution in [-0.2, 0) is 36.4 Å². The average Bonchev–Trinajstić information content (AvgIpc) is 3.36. The van der Waals surface area contributed by atoms with E-state index in [-0.39, 0.29) is 24.4 Å². The Kier molecular flexibility index (Phi) is 9.78. The third-order valence-electron chi connectivity index (χ3n) is 7.59. The molecule has 13 heteroatoms. The maximum atomic E-state index is 14.0. The summed E-state index contributed by atoms with van der Waals surface area (Å²) in [6.45, 7) is 2.20. The summed E-state index contributed by atoms with van der Waals surface area (Å²) in [5, 5.41) is 13.6. The van der Waals surface area contributed by atoms with E-state index in [2.05, 4.69) is 5.10 Å². The van der Waals surface area contributed by atoms with Crippen molar-refractivity contribution < 1.29 is 41.0 Å². The van der Waals surface area contributed by atoms with Gasteiger partial charge in [-0.05, 0) is 85.0 Å². The Morgan fingerprint density at radius 2 is 1.50 bits per heavy atom. The number of nitrogens with zero attached hydrogens (tertiary/aromatic N) is 3. The van der Waals surface area contributed by atoms with Crippen molar-refractivity contribution in [1.82, 2.24) is 14.3 Å². The lowest BCUT2D eigenvalue weighted by Gasteiger charge is -2.14. The zero-order chi connectivity index (χ0) is 34.6. The van der Waals surface area contributed by atoms with Gasteiger partial charge in [0.2, 0.25) is 0 Å². The number of ether oxygens (including phenoxy) is 1. The molecule has 0 radical (unpaired) electrons. The predicted molar refractivity (Wildman–Crippen MR) is 166 cm³/mol. The number of para-hydroxylation sites is 1. The number of aliphatic carboxylic acids is 1. The lowest BCUT2D eigenvalue weighted by Crippen LogP contribution is -2.25. The first-order valence-electron chi connectivity index (χ1n) is 14.9. The van der Waals surface area contributed by atoms with E-state index >= 15 is 0 Å². The van der Waals surface area contributed by atoms with E-state index in [9.17, 15) is 41.0 Å². The lowest BCUT2D eigenvalue weighted by atomic mass is 9.98. The van der Waals surface area contributed by atoms with Gasteiger partial charge < -0.3 is 9.84 Å². The maximum Gasteiger partial charge on any atom is 0.418 e. The molecule has 0 atom stereocenters. The molecular weight excluding hydrogens is 640 g/mol. The summed E-state index contributed by atoms with van der Waals surface area (Å²) in [6, 6.07) is 21.0. The predicted octanol–water partition coefficient (Wildman–Crippen LogP) is 7.93. The van der Waals surface area contributed by atoms with E-state index in [4.69, 9.17) is 4.74 Å². The summed E-state index contributed by atoms with van der Waals surface area (Å²) in [5.74, 6) is -0.481. The largest absolute Gasteiger partial charge is 0.494 e. The number of hydrogen-bond acceptors (Lipinski definition) is 4. The maximum absolute atomic E-state index is 14.0. The molecule has 48 heavy (non-hydrogen) atoms. The number of aryl methyl sites for hydroxylation is 2. The van der Waals surface area contributed by atoms with Crippen molar-refractivity contribution in [2.24, 2.45) is 0 Å². The van der Waals surface area contributed by atoms with E-state index in [0.717, 1.165) is 62.3 Å². The number of aromatic nitrogens is 3. The number of rotatable bonds is 11. The summed E-state index contributed by atoms with van der Waals surface area (Å²) in [7, 11) is 0. The Hall–Kier alpha value is -5.33. The van der Waals surface area contributed by atoms with Crippen LogP contribution in [0.1, 0.15) is 41.4 Å². The van der Waals surface area contributed by atoms with Crippen LogP contribution in [0, 0.1) is 0 Å². The Labute approximate surface area is 270 Å². The number of alkyl halides is 6. The molecular formula is C35H29F6N3O4. The molecule has 0 aliphatic heterocycles. The smallest absolute Gasteiger partial charge is 0.418 e. The van der Waals surface area contributed by atoms with Crippen LogP contribution in [-0.4, -0.2) is 32.0 Å². The summed E-state index contributed by atoms with van der Waals surface area (Å²) in [6.07, 6.45) is -8.68. The molecule has 1 aromatic heterocycles. The zero-order valence-electron chi connectivity index (χ0n) is 25.5. The second-order valence-electron chi connectivity index (χ2n) is 10.9. The quantitative estimate of drug-likeness (QED) is 0.145. The van der Waals surface area contributed by atoms with Gasteiger partial charge in [0.1, 0.15) is 11.6 Å². The summed E-state index contributed by atoms with van der Waals surface area (Å²) >= 11 is 0. The minimum Gasteiger partial charge on any atom is -0.494 e. The molecule has 250 valence electrons. The Morgan fingerprint density at radius 1 is 0.833 bits per heavy atom. The second kappa shape index (κ2) is 13.8. The highest BCUT2D eigenvalue weighted by Gasteiger charge is 2.35. The van der Waals surface area contributed by atoms with Crippen LogP contribution in [0.5, 0.6) is 5.75 Å².